The highest BCUT2D eigenvalue weighted by atomic mass is 32.1. The molecule has 29 heavy (non-hydrogen) atoms. The smallest absolute Gasteiger partial charge is 0.262 e. The molecule has 0 fully saturated rings. The molecule has 6 heteroatoms. The monoisotopic (exact) mass is 400 g/mol. The third-order valence-electron chi connectivity index (χ3n) is 4.63. The summed E-state index contributed by atoms with van der Waals surface area (Å²) in [6, 6.07) is 19.6. The van der Waals surface area contributed by atoms with Crippen LogP contribution >= 0.6 is 11.3 Å². The van der Waals surface area contributed by atoms with Gasteiger partial charge in [0.2, 0.25) is 0 Å². The summed E-state index contributed by atoms with van der Waals surface area (Å²) in [5.74, 6) is 0.280. The molecule has 0 bridgehead atoms. The van der Waals surface area contributed by atoms with E-state index in [2.05, 4.69) is 39.7 Å². The van der Waals surface area contributed by atoms with Crippen molar-refractivity contribution < 1.29 is 0 Å². The maximum atomic E-state index is 12.6. The minimum absolute atomic E-state index is 0.135. The molecule has 4 aromatic rings. The van der Waals surface area contributed by atoms with E-state index in [1.165, 1.54) is 15.0 Å². The van der Waals surface area contributed by atoms with Crippen molar-refractivity contribution in [1.82, 2.24) is 9.55 Å². The Morgan fingerprint density at radius 3 is 2.66 bits per heavy atom. The summed E-state index contributed by atoms with van der Waals surface area (Å²) in [5, 5.41) is 11.4. The lowest BCUT2D eigenvalue weighted by Crippen LogP contribution is -2.17. The normalized spacial score (nSPS) is 12.1. The standard InChI is InChI=1S/C23H20N4OS/c1-16-9-11-17(12-10-16)20(14-13-18-6-5-15-29-18)25-26-23-24-21-8-4-3-7-19(21)22(28)27(23)2/h3-12,14-15H,13H2,1-2H3/b20-14-,26-25?. The van der Waals surface area contributed by atoms with Crippen LogP contribution in [0.25, 0.3) is 16.6 Å². The van der Waals surface area contributed by atoms with E-state index in [1.54, 1.807) is 24.5 Å². The molecular weight excluding hydrogens is 380 g/mol. The molecule has 4 rings (SSSR count). The SMILES string of the molecule is Cc1ccc(/C(=C/Cc2cccs2)N=Nc2nc3ccccc3c(=O)n2C)cc1. The maximum Gasteiger partial charge on any atom is 0.262 e. The highest BCUT2D eigenvalue weighted by molar-refractivity contribution is 7.09. The number of hydrogen-bond acceptors (Lipinski definition) is 5. The number of aromatic nitrogens is 2. The molecule has 0 saturated heterocycles. The third-order valence-corrected chi connectivity index (χ3v) is 5.53. The lowest BCUT2D eigenvalue weighted by Gasteiger charge is -2.05. The van der Waals surface area contributed by atoms with Gasteiger partial charge in [0.05, 0.1) is 16.6 Å². The number of nitrogens with zero attached hydrogens (tertiary/aromatic N) is 4. The van der Waals surface area contributed by atoms with Crippen molar-refractivity contribution in [2.75, 3.05) is 0 Å². The molecule has 0 aliphatic carbocycles. The van der Waals surface area contributed by atoms with E-state index in [9.17, 15) is 4.79 Å². The lowest BCUT2D eigenvalue weighted by molar-refractivity contribution is 0.831. The molecule has 2 aromatic heterocycles. The fourth-order valence-electron chi connectivity index (χ4n) is 2.96. The van der Waals surface area contributed by atoms with Crippen LogP contribution in [0.15, 0.2) is 87.1 Å². The van der Waals surface area contributed by atoms with Crippen molar-refractivity contribution in [2.24, 2.45) is 17.3 Å². The number of aryl methyl sites for hydroxylation is 1. The summed E-state index contributed by atoms with van der Waals surface area (Å²) in [6.07, 6.45) is 2.82. The van der Waals surface area contributed by atoms with Crippen LogP contribution in [0.2, 0.25) is 0 Å². The highest BCUT2D eigenvalue weighted by Gasteiger charge is 2.08. The van der Waals surface area contributed by atoms with E-state index in [0.717, 1.165) is 17.7 Å². The highest BCUT2D eigenvalue weighted by Crippen LogP contribution is 2.22. The molecule has 0 spiro atoms. The van der Waals surface area contributed by atoms with Gasteiger partial charge in [0.25, 0.3) is 11.5 Å². The van der Waals surface area contributed by atoms with Crippen molar-refractivity contribution in [3.63, 3.8) is 0 Å². The first kappa shape index (κ1) is 19.0. The molecule has 0 unspecified atom stereocenters. The van der Waals surface area contributed by atoms with E-state index < -0.39 is 0 Å². The number of para-hydroxylation sites is 1. The fraction of sp³-hybridized carbons (Fsp3) is 0.130. The molecule has 5 nitrogen and oxygen atoms in total. The molecular formula is C23H20N4OS. The number of allylic oxidation sites excluding steroid dienone is 1. The van der Waals surface area contributed by atoms with Gasteiger partial charge in [-0.25, -0.2) is 4.98 Å². The van der Waals surface area contributed by atoms with Gasteiger partial charge in [-0.3, -0.25) is 9.36 Å². The zero-order valence-corrected chi connectivity index (χ0v) is 17.1. The third kappa shape index (κ3) is 4.22. The Labute approximate surface area is 172 Å². The second-order valence-corrected chi connectivity index (χ2v) is 7.76. The molecule has 0 amide bonds. The number of fused-ring (bicyclic) bond motifs is 1. The summed E-state index contributed by atoms with van der Waals surface area (Å²) >= 11 is 1.71. The summed E-state index contributed by atoms with van der Waals surface area (Å²) < 4.78 is 1.43. The van der Waals surface area contributed by atoms with Gasteiger partial charge in [0.15, 0.2) is 0 Å². The van der Waals surface area contributed by atoms with Crippen LogP contribution in [0.1, 0.15) is 16.0 Å². The zero-order chi connectivity index (χ0) is 20.2. The molecule has 2 aromatic carbocycles. The molecule has 0 aliphatic rings. The Kier molecular flexibility index (Phi) is 5.44. The van der Waals surface area contributed by atoms with Crippen LogP contribution in [-0.2, 0) is 13.5 Å². The van der Waals surface area contributed by atoms with Gasteiger partial charge in [-0.15, -0.1) is 21.6 Å². The minimum atomic E-state index is -0.135. The lowest BCUT2D eigenvalue weighted by atomic mass is 10.1. The number of thiophene rings is 1. The average molecular weight is 401 g/mol. The van der Waals surface area contributed by atoms with E-state index >= 15 is 0 Å². The van der Waals surface area contributed by atoms with Crippen LogP contribution in [-0.4, -0.2) is 9.55 Å². The number of benzene rings is 2. The van der Waals surface area contributed by atoms with Crippen molar-refractivity contribution in [2.45, 2.75) is 13.3 Å². The Hall–Kier alpha value is -3.38. The first-order valence-electron chi connectivity index (χ1n) is 9.29. The molecule has 0 atom stereocenters. The fourth-order valence-corrected chi connectivity index (χ4v) is 3.63. The number of azo groups is 1. The van der Waals surface area contributed by atoms with E-state index in [-0.39, 0.29) is 11.5 Å². The molecule has 0 aliphatic heterocycles. The molecule has 0 saturated carbocycles. The first-order chi connectivity index (χ1) is 14.1. The molecule has 0 radical (unpaired) electrons. The van der Waals surface area contributed by atoms with Crippen molar-refractivity contribution in [3.8, 4) is 0 Å². The van der Waals surface area contributed by atoms with E-state index in [0.29, 0.717) is 10.9 Å². The van der Waals surface area contributed by atoms with Crippen molar-refractivity contribution >= 4 is 33.9 Å². The Balaban J connectivity index is 1.74. The van der Waals surface area contributed by atoms with Gasteiger partial charge in [-0.1, -0.05) is 54.1 Å². The predicted molar refractivity (Wildman–Crippen MR) is 119 cm³/mol. The van der Waals surface area contributed by atoms with Crippen LogP contribution in [0.5, 0.6) is 0 Å². The molecule has 144 valence electrons. The van der Waals surface area contributed by atoms with Gasteiger partial charge in [-0.05, 0) is 30.5 Å². The Morgan fingerprint density at radius 2 is 1.90 bits per heavy atom. The van der Waals surface area contributed by atoms with Crippen LogP contribution < -0.4 is 5.56 Å². The van der Waals surface area contributed by atoms with Crippen molar-refractivity contribution in [1.29, 1.82) is 0 Å². The zero-order valence-electron chi connectivity index (χ0n) is 16.2. The minimum Gasteiger partial charge on any atom is -0.278 e. The van der Waals surface area contributed by atoms with Gasteiger partial charge in [-0.2, -0.15) is 0 Å². The van der Waals surface area contributed by atoms with Crippen molar-refractivity contribution in [3.05, 3.63) is 98.5 Å². The predicted octanol–water partition coefficient (Wildman–Crippen LogP) is 5.67. The number of rotatable bonds is 5. The van der Waals surface area contributed by atoms with E-state index in [4.69, 9.17) is 0 Å². The topological polar surface area (TPSA) is 59.6 Å². The van der Waals surface area contributed by atoms with Gasteiger partial charge in [0.1, 0.15) is 0 Å². The van der Waals surface area contributed by atoms with Gasteiger partial charge < -0.3 is 0 Å². The summed E-state index contributed by atoms with van der Waals surface area (Å²) in [6.45, 7) is 2.05. The molecule has 0 N–H and O–H groups in total. The van der Waals surface area contributed by atoms with Crippen LogP contribution in [0.4, 0.5) is 5.95 Å². The average Bonchev–Trinajstić information content (AvgIpc) is 3.26. The van der Waals surface area contributed by atoms with Gasteiger partial charge >= 0.3 is 0 Å². The summed E-state index contributed by atoms with van der Waals surface area (Å²) in [4.78, 5) is 18.3. The second kappa shape index (κ2) is 8.32. The van der Waals surface area contributed by atoms with Crippen LogP contribution in [0.3, 0.4) is 0 Å². The number of hydrogen-bond donors (Lipinski definition) is 0. The molecule has 2 heterocycles. The first-order valence-corrected chi connectivity index (χ1v) is 10.2. The maximum absolute atomic E-state index is 12.6. The summed E-state index contributed by atoms with van der Waals surface area (Å²) in [5.41, 5.74) is 3.39. The van der Waals surface area contributed by atoms with Crippen LogP contribution in [0, 0.1) is 6.92 Å². The Morgan fingerprint density at radius 1 is 1.10 bits per heavy atom. The second-order valence-electron chi connectivity index (χ2n) is 6.73. The summed E-state index contributed by atoms with van der Waals surface area (Å²) in [7, 11) is 1.66. The van der Waals surface area contributed by atoms with Gasteiger partial charge in [0, 0.05) is 23.9 Å². The Bertz CT molecular complexity index is 1250. The van der Waals surface area contributed by atoms with E-state index in [1.807, 2.05) is 48.5 Å². The quantitative estimate of drug-likeness (QED) is 0.405. The largest absolute Gasteiger partial charge is 0.278 e.